The van der Waals surface area contributed by atoms with Crippen LogP contribution in [-0.4, -0.2) is 29.3 Å². The van der Waals surface area contributed by atoms with E-state index in [1.165, 1.54) is 19.2 Å². The molecule has 1 heterocycles. The molecule has 0 spiro atoms. The van der Waals surface area contributed by atoms with Crippen molar-refractivity contribution in [2.24, 2.45) is 0 Å². The fourth-order valence-corrected chi connectivity index (χ4v) is 2.33. The molecule has 0 unspecified atom stereocenters. The lowest BCUT2D eigenvalue weighted by Crippen LogP contribution is -2.06. The predicted molar refractivity (Wildman–Crippen MR) is 79.0 cm³/mol. The number of carbonyl (C=O) groups excluding carboxylic acids is 2. The third kappa shape index (κ3) is 2.60. The minimum absolute atomic E-state index is 0.0304. The molecule has 0 aliphatic carbocycles. The van der Waals surface area contributed by atoms with Crippen molar-refractivity contribution in [2.75, 3.05) is 7.11 Å². The molecule has 114 valence electrons. The van der Waals surface area contributed by atoms with Gasteiger partial charge in [0.05, 0.1) is 29.0 Å². The van der Waals surface area contributed by atoms with Crippen LogP contribution in [0.5, 0.6) is 0 Å². The molecule has 0 saturated heterocycles. The maximum Gasteiger partial charge on any atom is 0.340 e. The first-order chi connectivity index (χ1) is 10.5. The molecule has 0 atom stereocenters. The first-order valence-electron chi connectivity index (χ1n) is 6.56. The number of non-ortho nitro benzene ring substituents is 1. The second kappa shape index (κ2) is 6.21. The number of carbonyl (C=O) groups is 2. The Labute approximate surface area is 126 Å². The van der Waals surface area contributed by atoms with Crippen molar-refractivity contribution in [3.8, 4) is 11.3 Å². The van der Waals surface area contributed by atoms with Gasteiger partial charge in [-0.3, -0.25) is 14.9 Å². The summed E-state index contributed by atoms with van der Waals surface area (Å²) in [4.78, 5) is 36.1. The molecule has 1 N–H and O–H groups in total. The Balaban J connectivity index is 2.60. The van der Waals surface area contributed by atoms with Gasteiger partial charge in [-0.05, 0) is 29.7 Å². The number of nitrogens with zero attached hydrogens (tertiary/aromatic N) is 1. The van der Waals surface area contributed by atoms with Crippen molar-refractivity contribution >= 4 is 17.9 Å². The Hall–Kier alpha value is -2.96. The summed E-state index contributed by atoms with van der Waals surface area (Å²) in [5, 5.41) is 10.7. The zero-order valence-corrected chi connectivity index (χ0v) is 12.1. The molecule has 0 aliphatic rings. The monoisotopic (exact) mass is 302 g/mol. The number of benzene rings is 1. The van der Waals surface area contributed by atoms with Crippen LogP contribution in [0.1, 0.15) is 33.3 Å². The lowest BCUT2D eigenvalue weighted by atomic mass is 10.0. The number of methoxy groups -OCH3 is 1. The van der Waals surface area contributed by atoms with E-state index < -0.39 is 10.9 Å². The van der Waals surface area contributed by atoms with Gasteiger partial charge in [0.2, 0.25) is 0 Å². The molecule has 7 heteroatoms. The van der Waals surface area contributed by atoms with Gasteiger partial charge in [-0.1, -0.05) is 6.92 Å². The van der Waals surface area contributed by atoms with Gasteiger partial charge in [0, 0.05) is 12.1 Å². The Morgan fingerprint density at radius 2 is 2.00 bits per heavy atom. The number of nitrogens with one attached hydrogen (secondary N) is 1. The first-order valence-corrected chi connectivity index (χ1v) is 6.56. The highest BCUT2D eigenvalue weighted by Gasteiger charge is 2.23. The van der Waals surface area contributed by atoms with E-state index in [1.807, 2.05) is 6.92 Å². The highest BCUT2D eigenvalue weighted by atomic mass is 16.6. The molecule has 22 heavy (non-hydrogen) atoms. The smallest absolute Gasteiger partial charge is 0.340 e. The Bertz CT molecular complexity index is 731. The molecule has 2 aromatic rings. The number of nitro groups is 1. The summed E-state index contributed by atoms with van der Waals surface area (Å²) in [6.07, 6.45) is 1.06. The number of aromatic amines is 1. The highest BCUT2D eigenvalue weighted by molar-refractivity contribution is 6.01. The summed E-state index contributed by atoms with van der Waals surface area (Å²) in [6.45, 7) is 1.85. The highest BCUT2D eigenvalue weighted by Crippen LogP contribution is 2.30. The van der Waals surface area contributed by atoms with E-state index in [0.717, 1.165) is 0 Å². The van der Waals surface area contributed by atoms with Crippen LogP contribution >= 0.6 is 0 Å². The van der Waals surface area contributed by atoms with Gasteiger partial charge < -0.3 is 9.72 Å². The summed E-state index contributed by atoms with van der Waals surface area (Å²) in [5.74, 6) is -0.594. The summed E-state index contributed by atoms with van der Waals surface area (Å²) < 4.78 is 4.71. The molecular weight excluding hydrogens is 288 g/mol. The Morgan fingerprint density at radius 3 is 2.45 bits per heavy atom. The number of H-pyrrole nitrogens is 1. The van der Waals surface area contributed by atoms with E-state index in [-0.39, 0.29) is 16.9 Å². The van der Waals surface area contributed by atoms with Gasteiger partial charge in [-0.15, -0.1) is 0 Å². The van der Waals surface area contributed by atoms with Crippen LogP contribution in [0, 0.1) is 10.1 Å². The number of aldehydes is 1. The largest absolute Gasteiger partial charge is 0.465 e. The maximum atomic E-state index is 11.9. The van der Waals surface area contributed by atoms with E-state index in [4.69, 9.17) is 4.74 Å². The standard InChI is InChI=1S/C15H14N2O5/c1-3-11-13(15(19)22-2)12(8-18)16-14(11)9-4-6-10(7-5-9)17(20)21/h4-8,16H,3H2,1-2H3. The second-order valence-electron chi connectivity index (χ2n) is 4.53. The third-order valence-electron chi connectivity index (χ3n) is 3.36. The summed E-state index contributed by atoms with van der Waals surface area (Å²) in [5.41, 5.74) is 2.19. The van der Waals surface area contributed by atoms with Crippen LogP contribution in [0.2, 0.25) is 0 Å². The maximum absolute atomic E-state index is 11.9. The van der Waals surface area contributed by atoms with E-state index in [2.05, 4.69) is 4.98 Å². The molecule has 0 radical (unpaired) electrons. The topological polar surface area (TPSA) is 102 Å². The lowest BCUT2D eigenvalue weighted by molar-refractivity contribution is -0.384. The summed E-state index contributed by atoms with van der Waals surface area (Å²) in [7, 11) is 1.24. The predicted octanol–water partition coefficient (Wildman–Crippen LogP) is 2.75. The van der Waals surface area contributed by atoms with Gasteiger partial charge in [-0.2, -0.15) is 0 Å². The van der Waals surface area contributed by atoms with Crippen molar-refractivity contribution in [3.05, 3.63) is 51.2 Å². The fourth-order valence-electron chi connectivity index (χ4n) is 2.33. The molecule has 0 saturated carbocycles. The second-order valence-corrected chi connectivity index (χ2v) is 4.53. The molecule has 0 fully saturated rings. The fraction of sp³-hybridized carbons (Fsp3) is 0.200. The number of hydrogen-bond donors (Lipinski definition) is 1. The van der Waals surface area contributed by atoms with Gasteiger partial charge in [-0.25, -0.2) is 4.79 Å². The van der Waals surface area contributed by atoms with Crippen LogP contribution in [0.3, 0.4) is 0 Å². The number of aromatic nitrogens is 1. The Morgan fingerprint density at radius 1 is 1.36 bits per heavy atom. The Kier molecular flexibility index (Phi) is 4.36. The van der Waals surface area contributed by atoms with E-state index in [0.29, 0.717) is 29.5 Å². The molecule has 1 aromatic heterocycles. The lowest BCUT2D eigenvalue weighted by Gasteiger charge is -2.04. The normalized spacial score (nSPS) is 10.3. The zero-order valence-electron chi connectivity index (χ0n) is 12.1. The molecule has 0 amide bonds. The van der Waals surface area contributed by atoms with Gasteiger partial charge in [0.25, 0.3) is 5.69 Å². The van der Waals surface area contributed by atoms with E-state index in [1.54, 1.807) is 12.1 Å². The molecule has 2 rings (SSSR count). The minimum Gasteiger partial charge on any atom is -0.465 e. The first kappa shape index (κ1) is 15.4. The van der Waals surface area contributed by atoms with Gasteiger partial charge in [0.1, 0.15) is 0 Å². The van der Waals surface area contributed by atoms with Crippen molar-refractivity contribution in [1.82, 2.24) is 4.98 Å². The van der Waals surface area contributed by atoms with Crippen LogP contribution in [-0.2, 0) is 11.2 Å². The average molecular weight is 302 g/mol. The van der Waals surface area contributed by atoms with Crippen LogP contribution in [0.15, 0.2) is 24.3 Å². The van der Waals surface area contributed by atoms with Crippen LogP contribution in [0.25, 0.3) is 11.3 Å². The van der Waals surface area contributed by atoms with Gasteiger partial charge >= 0.3 is 5.97 Å². The van der Waals surface area contributed by atoms with Crippen LogP contribution in [0.4, 0.5) is 5.69 Å². The van der Waals surface area contributed by atoms with Crippen molar-refractivity contribution < 1.29 is 19.2 Å². The molecule has 1 aromatic carbocycles. The number of hydrogen-bond acceptors (Lipinski definition) is 5. The van der Waals surface area contributed by atoms with Crippen molar-refractivity contribution in [1.29, 1.82) is 0 Å². The van der Waals surface area contributed by atoms with Crippen molar-refractivity contribution in [2.45, 2.75) is 13.3 Å². The summed E-state index contributed by atoms with van der Waals surface area (Å²) in [6, 6.07) is 5.87. The van der Waals surface area contributed by atoms with Crippen molar-refractivity contribution in [3.63, 3.8) is 0 Å². The van der Waals surface area contributed by atoms with E-state index in [9.17, 15) is 19.7 Å². The number of esters is 1. The molecule has 0 bridgehead atoms. The third-order valence-corrected chi connectivity index (χ3v) is 3.36. The minimum atomic E-state index is -0.594. The zero-order chi connectivity index (χ0) is 16.3. The summed E-state index contributed by atoms with van der Waals surface area (Å²) >= 11 is 0. The average Bonchev–Trinajstić information content (AvgIpc) is 2.92. The molecule has 7 nitrogen and oxygen atoms in total. The van der Waals surface area contributed by atoms with Crippen LogP contribution < -0.4 is 0 Å². The number of ether oxygens (including phenoxy) is 1. The molecular formula is C15H14N2O5. The number of nitro benzene ring substituents is 1. The number of rotatable bonds is 5. The molecule has 0 aliphatic heterocycles. The van der Waals surface area contributed by atoms with E-state index >= 15 is 0 Å². The quantitative estimate of drug-likeness (QED) is 0.396. The SMILES string of the molecule is CCc1c(-c2ccc([N+](=O)[O-])cc2)[nH]c(C=O)c1C(=O)OC. The van der Waals surface area contributed by atoms with Gasteiger partial charge in [0.15, 0.2) is 6.29 Å².